The number of aliphatic hydroxyl groups is 1. The maximum absolute atomic E-state index is 13.7. The van der Waals surface area contributed by atoms with Crippen LogP contribution in [0.5, 0.6) is 5.75 Å². The summed E-state index contributed by atoms with van der Waals surface area (Å²) in [5, 5.41) is 26.2. The number of nitrogens with one attached hydrogen (secondary N) is 2. The fourth-order valence-electron chi connectivity index (χ4n) is 3.84. The normalized spacial score (nSPS) is 22.6. The number of oxazole rings is 1. The smallest absolute Gasteiger partial charge is 0.248 e. The maximum atomic E-state index is 13.7. The number of aromatic hydroxyl groups is 1. The van der Waals surface area contributed by atoms with Crippen LogP contribution < -0.4 is 10.6 Å². The molecule has 1 fully saturated rings. The van der Waals surface area contributed by atoms with Crippen LogP contribution in [0.15, 0.2) is 35.2 Å². The van der Waals surface area contributed by atoms with Crippen LogP contribution in [0.25, 0.3) is 0 Å². The molecule has 4 N–H and O–H groups in total. The van der Waals surface area contributed by atoms with Gasteiger partial charge in [0.25, 0.3) is 0 Å². The van der Waals surface area contributed by atoms with E-state index < -0.39 is 34.7 Å². The summed E-state index contributed by atoms with van der Waals surface area (Å²) in [5.74, 6) is -1.43. The first-order valence-corrected chi connectivity index (χ1v) is 10.0. The van der Waals surface area contributed by atoms with Crippen molar-refractivity contribution in [1.82, 2.24) is 15.6 Å². The summed E-state index contributed by atoms with van der Waals surface area (Å²) < 4.78 is 5.41. The number of Topliss-reactive ketones (excluding diaryl/α,β-unsaturated/α-hetero) is 1. The van der Waals surface area contributed by atoms with E-state index >= 15 is 0 Å². The Kier molecular flexibility index (Phi) is 6.21. The van der Waals surface area contributed by atoms with Gasteiger partial charge in [-0.2, -0.15) is 0 Å². The average Bonchev–Trinajstić information content (AvgIpc) is 3.30. The standard InChI is InChI=1S/C21H26ClN3O5/c1-20(2,3)17(16-10-23-11-30-16)18(28)21(7-14(26)9-25-21)19(29)24-8-12-4-5-13(22)6-15(12)27/h4-6,10-11,14,17,25-27H,7-9H2,1-3H3,(H,24,29)/t14-,17?,21+/m1/s1. The molecular formula is C21H26ClN3O5. The Morgan fingerprint density at radius 3 is 2.70 bits per heavy atom. The molecule has 2 aromatic rings. The van der Waals surface area contributed by atoms with Crippen molar-refractivity contribution in [3.8, 4) is 5.75 Å². The number of carbonyl (C=O) groups is 2. The lowest BCUT2D eigenvalue weighted by Gasteiger charge is -2.35. The number of hydrogen-bond donors (Lipinski definition) is 4. The minimum absolute atomic E-state index is 0.00284. The van der Waals surface area contributed by atoms with Gasteiger partial charge < -0.3 is 19.9 Å². The summed E-state index contributed by atoms with van der Waals surface area (Å²) in [7, 11) is 0. The Morgan fingerprint density at radius 2 is 2.17 bits per heavy atom. The number of amides is 1. The van der Waals surface area contributed by atoms with E-state index in [4.69, 9.17) is 16.0 Å². The van der Waals surface area contributed by atoms with E-state index in [9.17, 15) is 19.8 Å². The van der Waals surface area contributed by atoms with Gasteiger partial charge in [0.1, 0.15) is 11.5 Å². The van der Waals surface area contributed by atoms with Gasteiger partial charge in [-0.25, -0.2) is 4.98 Å². The number of rotatable bonds is 6. The van der Waals surface area contributed by atoms with Gasteiger partial charge in [-0.3, -0.25) is 14.9 Å². The summed E-state index contributed by atoms with van der Waals surface area (Å²) in [4.78, 5) is 30.9. The number of nitrogens with zero attached hydrogens (tertiary/aromatic N) is 1. The Hall–Kier alpha value is -2.42. The highest BCUT2D eigenvalue weighted by Gasteiger charge is 2.55. The summed E-state index contributed by atoms with van der Waals surface area (Å²) in [6.45, 7) is 5.73. The summed E-state index contributed by atoms with van der Waals surface area (Å²) in [6, 6.07) is 4.57. The number of aliphatic hydroxyl groups excluding tert-OH is 1. The number of ketones is 1. The predicted octanol–water partition coefficient (Wildman–Crippen LogP) is 2.14. The van der Waals surface area contributed by atoms with Crippen LogP contribution in [0.4, 0.5) is 0 Å². The minimum atomic E-state index is -1.63. The first-order valence-electron chi connectivity index (χ1n) is 9.66. The van der Waals surface area contributed by atoms with Crippen molar-refractivity contribution < 1.29 is 24.2 Å². The lowest BCUT2D eigenvalue weighted by atomic mass is 9.70. The fraction of sp³-hybridized carbons (Fsp3) is 0.476. The molecule has 3 rings (SSSR count). The van der Waals surface area contributed by atoms with Gasteiger partial charge in [-0.15, -0.1) is 0 Å². The van der Waals surface area contributed by atoms with E-state index in [1.807, 2.05) is 20.8 Å². The molecule has 9 heteroatoms. The number of β-amino-alcohol motifs (C(OH)–C–C–N with tert-alkyl or cyclic N) is 1. The second kappa shape index (κ2) is 8.37. The predicted molar refractivity (Wildman–Crippen MR) is 110 cm³/mol. The number of phenolic OH excluding ortho intramolecular Hbond substituents is 1. The molecule has 162 valence electrons. The summed E-state index contributed by atoms with van der Waals surface area (Å²) >= 11 is 5.85. The molecule has 0 spiro atoms. The first kappa shape index (κ1) is 22.3. The number of aromatic nitrogens is 1. The quantitative estimate of drug-likeness (QED) is 0.512. The molecule has 1 aromatic heterocycles. The second-order valence-electron chi connectivity index (χ2n) is 8.67. The molecule has 1 unspecified atom stereocenters. The van der Waals surface area contributed by atoms with Crippen molar-refractivity contribution in [2.45, 2.75) is 51.3 Å². The fourth-order valence-corrected chi connectivity index (χ4v) is 4.01. The van der Waals surface area contributed by atoms with Gasteiger partial charge in [0.2, 0.25) is 5.91 Å². The topological polar surface area (TPSA) is 125 Å². The van der Waals surface area contributed by atoms with Crippen LogP contribution in [-0.4, -0.2) is 45.1 Å². The number of carbonyl (C=O) groups excluding carboxylic acids is 2. The van der Waals surface area contributed by atoms with Crippen LogP contribution in [-0.2, 0) is 16.1 Å². The Balaban J connectivity index is 1.89. The molecule has 30 heavy (non-hydrogen) atoms. The highest BCUT2D eigenvalue weighted by atomic mass is 35.5. The van der Waals surface area contributed by atoms with E-state index in [2.05, 4.69) is 15.6 Å². The van der Waals surface area contributed by atoms with Gasteiger partial charge in [0.15, 0.2) is 17.7 Å². The third-order valence-corrected chi connectivity index (χ3v) is 5.58. The summed E-state index contributed by atoms with van der Waals surface area (Å²) in [5.41, 5.74) is -1.74. The molecule has 1 aliphatic heterocycles. The highest BCUT2D eigenvalue weighted by Crippen LogP contribution is 2.40. The maximum Gasteiger partial charge on any atom is 0.248 e. The van der Waals surface area contributed by atoms with Crippen LogP contribution in [0.1, 0.15) is 44.4 Å². The van der Waals surface area contributed by atoms with Gasteiger partial charge >= 0.3 is 0 Å². The molecule has 0 radical (unpaired) electrons. The molecule has 1 saturated heterocycles. The van der Waals surface area contributed by atoms with Crippen molar-refractivity contribution in [1.29, 1.82) is 0 Å². The van der Waals surface area contributed by atoms with E-state index in [1.54, 1.807) is 12.1 Å². The van der Waals surface area contributed by atoms with Crippen LogP contribution >= 0.6 is 11.6 Å². The second-order valence-corrected chi connectivity index (χ2v) is 9.10. The molecule has 3 atom stereocenters. The zero-order valence-corrected chi connectivity index (χ0v) is 17.9. The number of halogens is 1. The minimum Gasteiger partial charge on any atom is -0.508 e. The van der Waals surface area contributed by atoms with Crippen molar-refractivity contribution in [2.75, 3.05) is 6.54 Å². The third-order valence-electron chi connectivity index (χ3n) is 5.34. The Labute approximate surface area is 179 Å². The Bertz CT molecular complexity index is 925. The number of phenols is 1. The zero-order valence-electron chi connectivity index (χ0n) is 17.1. The highest BCUT2D eigenvalue weighted by molar-refractivity contribution is 6.30. The zero-order chi connectivity index (χ0) is 22.1. The van der Waals surface area contributed by atoms with Gasteiger partial charge in [-0.05, 0) is 17.5 Å². The average molecular weight is 436 g/mol. The summed E-state index contributed by atoms with van der Waals surface area (Å²) in [6.07, 6.45) is 1.80. The molecule has 0 saturated carbocycles. The van der Waals surface area contributed by atoms with Crippen LogP contribution in [0, 0.1) is 5.41 Å². The SMILES string of the molecule is CC(C)(C)C(C(=O)[C@]1(C(=O)NCc2ccc(Cl)cc2O)C[C@@H](O)CN1)c1cnco1. The number of hydrogen-bond acceptors (Lipinski definition) is 7. The lowest BCUT2D eigenvalue weighted by Crippen LogP contribution is -2.61. The van der Waals surface area contributed by atoms with Crippen molar-refractivity contribution in [3.63, 3.8) is 0 Å². The molecule has 8 nitrogen and oxygen atoms in total. The first-order chi connectivity index (χ1) is 14.0. The van der Waals surface area contributed by atoms with Crippen molar-refractivity contribution >= 4 is 23.3 Å². The van der Waals surface area contributed by atoms with E-state index in [0.29, 0.717) is 16.3 Å². The van der Waals surface area contributed by atoms with Crippen LogP contribution in [0.3, 0.4) is 0 Å². The van der Waals surface area contributed by atoms with E-state index in [-0.39, 0.29) is 25.3 Å². The monoisotopic (exact) mass is 435 g/mol. The van der Waals surface area contributed by atoms with E-state index in [0.717, 1.165) is 0 Å². The number of benzene rings is 1. The molecule has 0 bridgehead atoms. The lowest BCUT2D eigenvalue weighted by molar-refractivity contribution is -0.140. The van der Waals surface area contributed by atoms with Gasteiger partial charge in [-0.1, -0.05) is 38.4 Å². The molecule has 1 amide bonds. The molecule has 1 aromatic carbocycles. The largest absolute Gasteiger partial charge is 0.508 e. The van der Waals surface area contributed by atoms with Crippen molar-refractivity contribution in [2.24, 2.45) is 5.41 Å². The third kappa shape index (κ3) is 4.35. The van der Waals surface area contributed by atoms with Crippen molar-refractivity contribution in [3.05, 3.63) is 47.1 Å². The molecule has 2 heterocycles. The molecule has 0 aliphatic carbocycles. The Morgan fingerprint density at radius 1 is 1.43 bits per heavy atom. The van der Waals surface area contributed by atoms with Gasteiger partial charge in [0, 0.05) is 30.1 Å². The molecule has 1 aliphatic rings. The van der Waals surface area contributed by atoms with Gasteiger partial charge in [0.05, 0.1) is 18.2 Å². The van der Waals surface area contributed by atoms with E-state index in [1.165, 1.54) is 18.7 Å². The van der Waals surface area contributed by atoms with Crippen LogP contribution in [0.2, 0.25) is 5.02 Å². The molecular weight excluding hydrogens is 410 g/mol.